The number of fused-ring (bicyclic) bond motifs is 3. The molecule has 1 aliphatic heterocycles. The van der Waals surface area contributed by atoms with E-state index in [1.807, 2.05) is 12.1 Å². The lowest BCUT2D eigenvalue weighted by Crippen LogP contribution is -2.36. The minimum absolute atomic E-state index is 0.332. The summed E-state index contributed by atoms with van der Waals surface area (Å²) in [6, 6.07) is 4.01. The van der Waals surface area contributed by atoms with Crippen LogP contribution in [0.2, 0.25) is 0 Å². The summed E-state index contributed by atoms with van der Waals surface area (Å²) in [5, 5.41) is 18.9. The lowest BCUT2D eigenvalue weighted by Gasteiger charge is -2.24. The molecule has 0 saturated heterocycles. The van der Waals surface area contributed by atoms with Crippen LogP contribution in [0.25, 0.3) is 0 Å². The van der Waals surface area contributed by atoms with Crippen LogP contribution in [0, 0.1) is 5.92 Å². The van der Waals surface area contributed by atoms with Gasteiger partial charge in [0.1, 0.15) is 0 Å². The average Bonchev–Trinajstić information content (AvgIpc) is 2.70. The molecule has 1 aliphatic carbocycles. The van der Waals surface area contributed by atoms with Gasteiger partial charge in [-0.2, -0.15) is 0 Å². The third kappa shape index (κ3) is 1.66. The molecule has 0 spiro atoms. The van der Waals surface area contributed by atoms with Crippen molar-refractivity contribution in [3.63, 3.8) is 0 Å². The first-order valence-electron chi connectivity index (χ1n) is 5.83. The van der Waals surface area contributed by atoms with E-state index >= 15 is 0 Å². The monoisotopic (exact) mass is 232 g/mol. The summed E-state index contributed by atoms with van der Waals surface area (Å²) in [7, 11) is -0.882. The molecule has 1 aromatic carbocycles. The van der Waals surface area contributed by atoms with E-state index in [2.05, 4.69) is 0 Å². The lowest BCUT2D eigenvalue weighted by molar-refractivity contribution is -0.142. The average molecular weight is 232 g/mol. The summed E-state index contributed by atoms with van der Waals surface area (Å²) in [6.45, 7) is 0.418. The molecule has 3 rings (SSSR count). The molecule has 0 aromatic heterocycles. The molecular formula is C12H13BO4. The molecule has 2 aliphatic rings. The Morgan fingerprint density at radius 3 is 2.94 bits per heavy atom. The van der Waals surface area contributed by atoms with Crippen LogP contribution < -0.4 is 5.46 Å². The summed E-state index contributed by atoms with van der Waals surface area (Å²) in [4.78, 5) is 11.1. The number of aliphatic carboxylic acids is 1. The van der Waals surface area contributed by atoms with Crippen molar-refractivity contribution in [2.24, 2.45) is 5.92 Å². The van der Waals surface area contributed by atoms with Crippen LogP contribution in [0.4, 0.5) is 0 Å². The highest BCUT2D eigenvalue weighted by Gasteiger charge is 2.34. The molecule has 1 aromatic rings. The Labute approximate surface area is 99.4 Å². The summed E-state index contributed by atoms with van der Waals surface area (Å²) in [5.41, 5.74) is 3.95. The number of hydrogen-bond acceptors (Lipinski definition) is 3. The number of hydrogen-bond donors (Lipinski definition) is 2. The van der Waals surface area contributed by atoms with Crippen LogP contribution in [-0.4, -0.2) is 23.2 Å². The first kappa shape index (κ1) is 10.8. The molecule has 4 nitrogen and oxygen atoms in total. The third-order valence-corrected chi connectivity index (χ3v) is 3.75. The zero-order chi connectivity index (χ0) is 12.0. The van der Waals surface area contributed by atoms with Crippen molar-refractivity contribution in [2.45, 2.75) is 25.9 Å². The fourth-order valence-corrected chi connectivity index (χ4v) is 2.81. The van der Waals surface area contributed by atoms with Crippen LogP contribution >= 0.6 is 0 Å². The smallest absolute Gasteiger partial charge is 0.481 e. The second-order valence-electron chi connectivity index (χ2n) is 4.72. The largest absolute Gasteiger partial charge is 0.492 e. The van der Waals surface area contributed by atoms with E-state index in [0.717, 1.165) is 28.6 Å². The van der Waals surface area contributed by atoms with Gasteiger partial charge in [0, 0.05) is 0 Å². The number of carbonyl (C=O) groups is 1. The van der Waals surface area contributed by atoms with E-state index in [0.29, 0.717) is 19.4 Å². The molecule has 0 bridgehead atoms. The molecule has 1 heterocycles. The van der Waals surface area contributed by atoms with Crippen LogP contribution in [0.15, 0.2) is 12.1 Å². The van der Waals surface area contributed by atoms with E-state index in [4.69, 9.17) is 9.76 Å². The molecule has 0 radical (unpaired) electrons. The van der Waals surface area contributed by atoms with Crippen LogP contribution in [0.5, 0.6) is 0 Å². The summed E-state index contributed by atoms with van der Waals surface area (Å²) in [5.74, 6) is -1.08. The molecule has 5 heteroatoms. The number of carboxylic acid groups (broad SMARTS) is 1. The van der Waals surface area contributed by atoms with Gasteiger partial charge in [-0.3, -0.25) is 4.79 Å². The quantitative estimate of drug-likeness (QED) is 0.673. The maximum Gasteiger partial charge on any atom is 0.492 e. The molecule has 2 N–H and O–H groups in total. The van der Waals surface area contributed by atoms with Gasteiger partial charge < -0.3 is 14.8 Å². The number of benzene rings is 1. The highest BCUT2D eigenvalue weighted by atomic mass is 16.5. The van der Waals surface area contributed by atoms with E-state index in [1.165, 1.54) is 0 Å². The number of aryl methyl sites for hydroxylation is 1. The number of rotatable bonds is 1. The Balaban J connectivity index is 2.05. The predicted octanol–water partition coefficient (Wildman–Crippen LogP) is 0.0938. The SMILES string of the molecule is O=C(O)C1CCc2ccc3c(c2C1)B(O)OC3. The molecular weight excluding hydrogens is 219 g/mol. The van der Waals surface area contributed by atoms with E-state index < -0.39 is 13.1 Å². The van der Waals surface area contributed by atoms with E-state index in [1.54, 1.807) is 0 Å². The molecule has 0 fully saturated rings. The minimum Gasteiger partial charge on any atom is -0.481 e. The van der Waals surface area contributed by atoms with Crippen molar-refractivity contribution in [3.8, 4) is 0 Å². The highest BCUT2D eigenvalue weighted by molar-refractivity contribution is 6.62. The summed E-state index contributed by atoms with van der Waals surface area (Å²) in [6.07, 6.45) is 1.96. The maximum atomic E-state index is 11.1. The molecule has 17 heavy (non-hydrogen) atoms. The first-order valence-corrected chi connectivity index (χ1v) is 5.83. The fraction of sp³-hybridized carbons (Fsp3) is 0.417. The van der Waals surface area contributed by atoms with Crippen molar-refractivity contribution >= 4 is 18.6 Å². The zero-order valence-electron chi connectivity index (χ0n) is 9.35. The molecule has 88 valence electrons. The zero-order valence-corrected chi connectivity index (χ0v) is 9.35. The molecule has 1 atom stereocenters. The Hall–Kier alpha value is -1.33. The Morgan fingerprint density at radius 2 is 2.18 bits per heavy atom. The predicted molar refractivity (Wildman–Crippen MR) is 62.0 cm³/mol. The van der Waals surface area contributed by atoms with Gasteiger partial charge in [-0.1, -0.05) is 12.1 Å². The van der Waals surface area contributed by atoms with Crippen molar-refractivity contribution in [1.82, 2.24) is 0 Å². The molecule has 0 amide bonds. The van der Waals surface area contributed by atoms with Gasteiger partial charge in [0.25, 0.3) is 0 Å². The topological polar surface area (TPSA) is 66.8 Å². The fourth-order valence-electron chi connectivity index (χ4n) is 2.81. The first-order chi connectivity index (χ1) is 8.16. The van der Waals surface area contributed by atoms with Crippen LogP contribution in [-0.2, 0) is 28.9 Å². The van der Waals surface area contributed by atoms with Gasteiger partial charge in [0.2, 0.25) is 0 Å². The van der Waals surface area contributed by atoms with Gasteiger partial charge in [-0.25, -0.2) is 0 Å². The standard InChI is InChI=1S/C12H13BO4/c14-12(15)8-3-1-7-2-4-9-6-17-13(16)11(9)10(7)5-8/h2,4,8,16H,1,3,5-6H2,(H,14,15). The van der Waals surface area contributed by atoms with Gasteiger partial charge in [-0.15, -0.1) is 0 Å². The normalized spacial score (nSPS) is 22.2. The molecule has 0 saturated carbocycles. The van der Waals surface area contributed by atoms with E-state index in [-0.39, 0.29) is 5.92 Å². The van der Waals surface area contributed by atoms with Gasteiger partial charge in [0.15, 0.2) is 0 Å². The maximum absolute atomic E-state index is 11.1. The van der Waals surface area contributed by atoms with Gasteiger partial charge in [0.05, 0.1) is 12.5 Å². The second-order valence-corrected chi connectivity index (χ2v) is 4.72. The van der Waals surface area contributed by atoms with Crippen LogP contribution in [0.3, 0.4) is 0 Å². The van der Waals surface area contributed by atoms with Gasteiger partial charge in [-0.05, 0) is 41.4 Å². The minimum atomic E-state index is -0.882. The Bertz CT molecular complexity index is 486. The Morgan fingerprint density at radius 1 is 1.41 bits per heavy atom. The molecule has 1 unspecified atom stereocenters. The highest BCUT2D eigenvalue weighted by Crippen LogP contribution is 2.27. The lowest BCUT2D eigenvalue weighted by atomic mass is 9.70. The summed E-state index contributed by atoms with van der Waals surface area (Å²) >= 11 is 0. The second kappa shape index (κ2) is 3.86. The summed E-state index contributed by atoms with van der Waals surface area (Å²) < 4.78 is 5.19. The number of carboxylic acids is 1. The Kier molecular flexibility index (Phi) is 2.45. The van der Waals surface area contributed by atoms with Crippen LogP contribution in [0.1, 0.15) is 23.1 Å². The van der Waals surface area contributed by atoms with Crippen molar-refractivity contribution in [1.29, 1.82) is 0 Å². The van der Waals surface area contributed by atoms with Gasteiger partial charge >= 0.3 is 13.1 Å². The van der Waals surface area contributed by atoms with E-state index in [9.17, 15) is 9.82 Å². The van der Waals surface area contributed by atoms with Crippen molar-refractivity contribution in [3.05, 3.63) is 28.8 Å². The van der Waals surface area contributed by atoms with Crippen molar-refractivity contribution < 1.29 is 19.6 Å². The van der Waals surface area contributed by atoms with Crippen molar-refractivity contribution in [2.75, 3.05) is 0 Å². The third-order valence-electron chi connectivity index (χ3n) is 3.75.